The van der Waals surface area contributed by atoms with E-state index >= 15 is 0 Å². The van der Waals surface area contributed by atoms with Gasteiger partial charge in [-0.15, -0.1) is 0 Å². The minimum absolute atomic E-state index is 0.0167. The zero-order valence-electron chi connectivity index (χ0n) is 20.8. The Kier molecular flexibility index (Phi) is 10.8. The molecule has 1 fully saturated rings. The molecule has 9 nitrogen and oxygen atoms in total. The number of sulfonamides is 1. The van der Waals surface area contributed by atoms with E-state index in [0.29, 0.717) is 18.1 Å². The Hall–Kier alpha value is -2.40. The first-order valence-electron chi connectivity index (χ1n) is 12.4. The summed E-state index contributed by atoms with van der Waals surface area (Å²) in [5, 5.41) is 9.47. The fourth-order valence-electron chi connectivity index (χ4n) is 4.67. The van der Waals surface area contributed by atoms with Gasteiger partial charge in [0.2, 0.25) is 22.1 Å². The topological polar surface area (TPSA) is 112 Å². The maximum absolute atomic E-state index is 13.1. The molecule has 2 atom stereocenters. The molecule has 0 radical (unpaired) electrons. The summed E-state index contributed by atoms with van der Waals surface area (Å²) in [5.41, 5.74) is 0. The van der Waals surface area contributed by atoms with Crippen molar-refractivity contribution in [1.82, 2.24) is 4.31 Å². The molecule has 2 aliphatic rings. The first kappa shape index (κ1) is 28.2. The highest BCUT2D eigenvalue weighted by Crippen LogP contribution is 2.37. The van der Waals surface area contributed by atoms with Crippen LogP contribution in [0.5, 0.6) is 5.75 Å². The third-order valence-corrected chi connectivity index (χ3v) is 8.48. The lowest BCUT2D eigenvalue weighted by atomic mass is 9.77. The largest absolute Gasteiger partial charge is 0.497 e. The highest BCUT2D eigenvalue weighted by molar-refractivity contribution is 7.89. The van der Waals surface area contributed by atoms with Crippen LogP contribution in [0.2, 0.25) is 0 Å². The molecule has 36 heavy (non-hydrogen) atoms. The third kappa shape index (κ3) is 7.55. The van der Waals surface area contributed by atoms with Crippen LogP contribution >= 0.6 is 0 Å². The molecule has 0 saturated heterocycles. The summed E-state index contributed by atoms with van der Waals surface area (Å²) in [6, 6.07) is 6.07. The van der Waals surface area contributed by atoms with Gasteiger partial charge in [-0.2, -0.15) is 4.31 Å². The average molecular weight is 524 g/mol. The molecule has 0 aromatic heterocycles. The van der Waals surface area contributed by atoms with Crippen LogP contribution in [0.3, 0.4) is 0 Å². The molecular formula is C26H37NO8S. The summed E-state index contributed by atoms with van der Waals surface area (Å²) in [4.78, 5) is 12.6. The van der Waals surface area contributed by atoms with Crippen molar-refractivity contribution in [3.05, 3.63) is 48.8 Å². The normalized spacial score (nSPS) is 20.9. The van der Waals surface area contributed by atoms with E-state index in [0.717, 1.165) is 25.7 Å². The molecule has 0 unspecified atom stereocenters. The Balaban J connectivity index is 1.65. The van der Waals surface area contributed by atoms with Crippen LogP contribution in [0.25, 0.3) is 0 Å². The zero-order valence-corrected chi connectivity index (χ0v) is 21.7. The second-order valence-corrected chi connectivity index (χ2v) is 10.9. The van der Waals surface area contributed by atoms with Crippen LogP contribution in [0.4, 0.5) is 0 Å². The molecule has 1 aromatic rings. The highest BCUT2D eigenvalue weighted by Gasteiger charge is 2.34. The van der Waals surface area contributed by atoms with Crippen molar-refractivity contribution in [3.63, 3.8) is 0 Å². The number of rotatable bonds is 13. The van der Waals surface area contributed by atoms with Crippen LogP contribution in [-0.2, 0) is 29.0 Å². The van der Waals surface area contributed by atoms with E-state index in [1.807, 2.05) is 6.08 Å². The molecular weight excluding hydrogens is 486 g/mol. The van der Waals surface area contributed by atoms with E-state index in [-0.39, 0.29) is 49.5 Å². The first-order chi connectivity index (χ1) is 17.4. The number of aliphatic hydroxyl groups is 1. The summed E-state index contributed by atoms with van der Waals surface area (Å²) in [5.74, 6) is 0.669. The fraction of sp³-hybridized carbons (Fsp3) is 0.577. The lowest BCUT2D eigenvalue weighted by molar-refractivity contribution is -0.164. The van der Waals surface area contributed by atoms with E-state index in [2.05, 4.69) is 6.58 Å². The first-order valence-corrected chi connectivity index (χ1v) is 13.9. The molecule has 200 valence electrons. The van der Waals surface area contributed by atoms with Gasteiger partial charge in [0.05, 0.1) is 25.2 Å². The van der Waals surface area contributed by atoms with Gasteiger partial charge in [0.15, 0.2) is 0 Å². The smallest absolute Gasteiger partial charge is 0.373 e. The summed E-state index contributed by atoms with van der Waals surface area (Å²) < 4.78 is 49.4. The van der Waals surface area contributed by atoms with Crippen molar-refractivity contribution in [3.8, 4) is 5.75 Å². The summed E-state index contributed by atoms with van der Waals surface area (Å²) in [6.45, 7) is 3.29. The minimum Gasteiger partial charge on any atom is -0.497 e. The number of hydrogen-bond acceptors (Lipinski definition) is 8. The Morgan fingerprint density at radius 2 is 1.92 bits per heavy atom. The van der Waals surface area contributed by atoms with Gasteiger partial charge in [-0.25, -0.2) is 13.2 Å². The van der Waals surface area contributed by atoms with Gasteiger partial charge in [0.1, 0.15) is 12.4 Å². The van der Waals surface area contributed by atoms with Crippen molar-refractivity contribution in [2.75, 3.05) is 40.0 Å². The Bertz CT molecular complexity index is 986. The van der Waals surface area contributed by atoms with Gasteiger partial charge in [0.25, 0.3) is 0 Å². The van der Waals surface area contributed by atoms with Crippen molar-refractivity contribution in [1.29, 1.82) is 0 Å². The molecule has 1 N–H and O–H groups in total. The molecule has 1 saturated carbocycles. The van der Waals surface area contributed by atoms with Crippen LogP contribution < -0.4 is 4.74 Å². The molecule has 3 rings (SSSR count). The van der Waals surface area contributed by atoms with E-state index in [1.54, 1.807) is 12.1 Å². The molecule has 1 aromatic carbocycles. The maximum Gasteiger partial charge on any atom is 0.373 e. The van der Waals surface area contributed by atoms with Gasteiger partial charge < -0.3 is 24.1 Å². The molecule has 0 spiro atoms. The van der Waals surface area contributed by atoms with Crippen LogP contribution in [0, 0.1) is 11.8 Å². The lowest BCUT2D eigenvalue weighted by Crippen LogP contribution is -2.38. The van der Waals surface area contributed by atoms with Crippen LogP contribution in [-0.4, -0.2) is 70.1 Å². The van der Waals surface area contributed by atoms with Gasteiger partial charge in [-0.1, -0.05) is 31.9 Å². The second kappa shape index (κ2) is 13.8. The number of carbonyl (C=O) groups excluding carboxylic acids is 1. The molecule has 1 aliphatic carbocycles. The van der Waals surface area contributed by atoms with Crippen LogP contribution in [0.15, 0.2) is 53.7 Å². The Morgan fingerprint density at radius 3 is 2.56 bits per heavy atom. The molecule has 0 bridgehead atoms. The van der Waals surface area contributed by atoms with Gasteiger partial charge >= 0.3 is 5.97 Å². The van der Waals surface area contributed by atoms with Crippen molar-refractivity contribution in [2.24, 2.45) is 11.8 Å². The Morgan fingerprint density at radius 1 is 1.19 bits per heavy atom. The highest BCUT2D eigenvalue weighted by atomic mass is 32.2. The standard InChI is InChI=1S/C26H37NO8S/c1-3-16-34-26(29)24-18-21(20-7-5-4-6-8-20)19-25(35-24)33-17-14-27(13-15-28)36(30,31)23-11-9-22(32-2)10-12-23/h3,9-12,18,20-21,25,28H,1,4-8,13-17,19H2,2H3/t21-,25+/m0/s1. The van der Waals surface area contributed by atoms with Gasteiger partial charge in [-0.3, -0.25) is 0 Å². The van der Waals surface area contributed by atoms with E-state index in [4.69, 9.17) is 18.9 Å². The number of allylic oxidation sites excluding steroid dienone is 1. The van der Waals surface area contributed by atoms with Gasteiger partial charge in [0, 0.05) is 19.5 Å². The minimum atomic E-state index is -3.85. The Labute approximate surface area is 213 Å². The number of benzene rings is 1. The van der Waals surface area contributed by atoms with Crippen molar-refractivity contribution in [2.45, 2.75) is 49.7 Å². The number of carbonyl (C=O) groups is 1. The average Bonchev–Trinajstić information content (AvgIpc) is 2.91. The molecule has 1 heterocycles. The quantitative estimate of drug-likeness (QED) is 0.310. The molecule has 1 aliphatic heterocycles. The number of hydrogen-bond donors (Lipinski definition) is 1. The second-order valence-electron chi connectivity index (χ2n) is 8.94. The molecule has 10 heteroatoms. The number of esters is 1. The summed E-state index contributed by atoms with van der Waals surface area (Å²) in [7, 11) is -2.35. The third-order valence-electron chi connectivity index (χ3n) is 6.57. The van der Waals surface area contributed by atoms with E-state index < -0.39 is 22.3 Å². The molecule has 0 amide bonds. The zero-order chi connectivity index (χ0) is 26.0. The van der Waals surface area contributed by atoms with E-state index in [1.165, 1.54) is 36.0 Å². The number of aliphatic hydroxyl groups excluding tert-OH is 1. The fourth-order valence-corrected chi connectivity index (χ4v) is 6.09. The maximum atomic E-state index is 13.1. The van der Waals surface area contributed by atoms with Crippen molar-refractivity contribution >= 4 is 16.0 Å². The predicted molar refractivity (Wildman–Crippen MR) is 134 cm³/mol. The van der Waals surface area contributed by atoms with Crippen molar-refractivity contribution < 1.29 is 37.3 Å². The van der Waals surface area contributed by atoms with E-state index in [9.17, 15) is 18.3 Å². The van der Waals surface area contributed by atoms with Crippen LogP contribution in [0.1, 0.15) is 38.5 Å². The summed E-state index contributed by atoms with van der Waals surface area (Å²) >= 11 is 0. The number of methoxy groups -OCH3 is 1. The lowest BCUT2D eigenvalue weighted by Gasteiger charge is -2.35. The number of nitrogens with zero attached hydrogens (tertiary/aromatic N) is 1. The summed E-state index contributed by atoms with van der Waals surface area (Å²) in [6.07, 6.45) is 8.96. The predicted octanol–water partition coefficient (Wildman–Crippen LogP) is 3.25. The SMILES string of the molecule is C=CCOC(=O)C1=C[C@H](C2CCCCC2)C[C@H](OCCN(CCO)S(=O)(=O)c2ccc(OC)cc2)O1. The number of ether oxygens (including phenoxy) is 4. The van der Waals surface area contributed by atoms with Gasteiger partial charge in [-0.05, 0) is 55.0 Å². The monoisotopic (exact) mass is 523 g/mol.